The summed E-state index contributed by atoms with van der Waals surface area (Å²) in [5.41, 5.74) is 5.83. The summed E-state index contributed by atoms with van der Waals surface area (Å²) in [5.74, 6) is -0.0846. The molecular weight excluding hydrogens is 408 g/mol. The van der Waals surface area contributed by atoms with Crippen molar-refractivity contribution in [1.82, 2.24) is 26.0 Å². The minimum Gasteiger partial charge on any atom is -0.421 e. The summed E-state index contributed by atoms with van der Waals surface area (Å²) < 4.78 is 10.9. The molecule has 0 bridgehead atoms. The molecule has 0 unspecified atom stereocenters. The normalized spacial score (nSPS) is 13.8. The second-order valence-corrected chi connectivity index (χ2v) is 7.32. The van der Waals surface area contributed by atoms with Gasteiger partial charge < -0.3 is 14.1 Å². The number of hydrazine groups is 1. The van der Waals surface area contributed by atoms with Crippen LogP contribution < -0.4 is 15.8 Å². The molecule has 1 aromatic carbocycles. The average molecular weight is 428 g/mol. The number of carbonyl (C=O) groups is 2. The number of hydrogen-bond donors (Lipinski definition) is 2. The molecule has 2 aromatic heterocycles. The maximum absolute atomic E-state index is 12.2. The summed E-state index contributed by atoms with van der Waals surface area (Å²) in [4.78, 5) is 30.6. The minimum atomic E-state index is -0.469. The molecule has 1 aliphatic heterocycles. The maximum Gasteiger partial charge on any atom is 0.289 e. The lowest BCUT2D eigenvalue weighted by Crippen LogP contribution is -2.42. The number of ether oxygens (including phenoxy) is 1. The first-order valence-corrected chi connectivity index (χ1v) is 10.3. The molecule has 0 saturated carbocycles. The lowest BCUT2D eigenvalue weighted by atomic mass is 10.2. The summed E-state index contributed by atoms with van der Waals surface area (Å²) in [7, 11) is 0. The molecule has 10 nitrogen and oxygen atoms in total. The lowest BCUT2D eigenvalue weighted by molar-refractivity contribution is -0.121. The van der Waals surface area contributed by atoms with Crippen molar-refractivity contribution in [3.63, 3.8) is 0 Å². The highest BCUT2D eigenvalue weighted by Crippen LogP contribution is 2.21. The second kappa shape index (κ2) is 9.46. The molecule has 0 aliphatic carbocycles. The average Bonchev–Trinajstić information content (AvgIpc) is 3.47. The molecule has 11 heteroatoms. The van der Waals surface area contributed by atoms with Gasteiger partial charge in [0.15, 0.2) is 5.13 Å². The van der Waals surface area contributed by atoms with Gasteiger partial charge in [-0.05, 0) is 12.1 Å². The zero-order valence-electron chi connectivity index (χ0n) is 16.0. The van der Waals surface area contributed by atoms with Crippen LogP contribution in [-0.4, -0.2) is 53.3 Å². The molecule has 2 amide bonds. The fraction of sp³-hybridized carbons (Fsp3) is 0.316. The van der Waals surface area contributed by atoms with Gasteiger partial charge in [0, 0.05) is 36.9 Å². The molecular formula is C19H20N6O4S. The van der Waals surface area contributed by atoms with Crippen LogP contribution in [0.25, 0.3) is 11.5 Å². The number of morpholine rings is 1. The van der Waals surface area contributed by atoms with Crippen LogP contribution in [0.2, 0.25) is 0 Å². The van der Waals surface area contributed by atoms with E-state index < -0.39 is 5.91 Å². The van der Waals surface area contributed by atoms with Crippen molar-refractivity contribution in [2.24, 2.45) is 0 Å². The van der Waals surface area contributed by atoms with E-state index in [1.54, 1.807) is 5.38 Å². The molecule has 3 heterocycles. The third-order valence-corrected chi connectivity index (χ3v) is 5.28. The van der Waals surface area contributed by atoms with Crippen LogP contribution in [0.15, 0.2) is 40.1 Å². The van der Waals surface area contributed by atoms with Crippen molar-refractivity contribution in [3.8, 4) is 11.5 Å². The number of hydrogen-bond acceptors (Lipinski definition) is 9. The first-order chi connectivity index (χ1) is 14.7. The van der Waals surface area contributed by atoms with E-state index in [0.29, 0.717) is 25.0 Å². The fourth-order valence-electron chi connectivity index (χ4n) is 2.79. The zero-order valence-corrected chi connectivity index (χ0v) is 16.9. The predicted octanol–water partition coefficient (Wildman–Crippen LogP) is 1.42. The molecule has 0 spiro atoms. The Bertz CT molecular complexity index is 999. The SMILES string of the molecule is O=C(CCc1nnc(-c2ccccc2)o1)NNC(=O)c1csc(N2CCOCC2)n1. The van der Waals surface area contributed by atoms with Crippen molar-refractivity contribution in [3.05, 3.63) is 47.3 Å². The van der Waals surface area contributed by atoms with E-state index in [2.05, 4.69) is 30.9 Å². The van der Waals surface area contributed by atoms with E-state index in [9.17, 15) is 9.59 Å². The number of aromatic nitrogens is 3. The van der Waals surface area contributed by atoms with Crippen molar-refractivity contribution in [1.29, 1.82) is 0 Å². The Morgan fingerprint density at radius 1 is 1.10 bits per heavy atom. The maximum atomic E-state index is 12.2. The van der Waals surface area contributed by atoms with Gasteiger partial charge >= 0.3 is 0 Å². The van der Waals surface area contributed by atoms with E-state index in [4.69, 9.17) is 9.15 Å². The fourth-order valence-corrected chi connectivity index (χ4v) is 3.65. The number of anilines is 1. The Morgan fingerprint density at radius 3 is 2.70 bits per heavy atom. The molecule has 2 N–H and O–H groups in total. The first-order valence-electron chi connectivity index (χ1n) is 9.44. The van der Waals surface area contributed by atoms with Gasteiger partial charge in [0.1, 0.15) is 5.69 Å². The number of nitrogens with zero attached hydrogens (tertiary/aromatic N) is 4. The monoisotopic (exact) mass is 428 g/mol. The summed E-state index contributed by atoms with van der Waals surface area (Å²) in [6, 6.07) is 9.38. The van der Waals surface area contributed by atoms with Crippen molar-refractivity contribution >= 4 is 28.3 Å². The van der Waals surface area contributed by atoms with Crippen molar-refractivity contribution in [2.45, 2.75) is 12.8 Å². The Hall–Kier alpha value is -3.31. The van der Waals surface area contributed by atoms with Gasteiger partial charge in [-0.3, -0.25) is 20.4 Å². The molecule has 4 rings (SSSR count). The van der Waals surface area contributed by atoms with Crippen LogP contribution in [0.3, 0.4) is 0 Å². The van der Waals surface area contributed by atoms with Gasteiger partial charge in [-0.1, -0.05) is 18.2 Å². The number of aryl methyl sites for hydroxylation is 1. The quantitative estimate of drug-likeness (QED) is 0.565. The van der Waals surface area contributed by atoms with Crippen LogP contribution in [0.1, 0.15) is 22.8 Å². The van der Waals surface area contributed by atoms with Crippen LogP contribution in [0.4, 0.5) is 5.13 Å². The number of nitrogens with one attached hydrogen (secondary N) is 2. The molecule has 1 saturated heterocycles. The van der Waals surface area contributed by atoms with E-state index in [1.807, 2.05) is 30.3 Å². The third-order valence-electron chi connectivity index (χ3n) is 4.38. The van der Waals surface area contributed by atoms with E-state index >= 15 is 0 Å². The number of amides is 2. The molecule has 156 valence electrons. The standard InChI is InChI=1S/C19H20N6O4S/c26-15(6-7-16-22-24-18(29-16)13-4-2-1-3-5-13)21-23-17(27)14-12-30-19(20-14)25-8-10-28-11-9-25/h1-5,12H,6-11H2,(H,21,26)(H,23,27). The van der Waals surface area contributed by atoms with Crippen molar-refractivity contribution in [2.75, 3.05) is 31.2 Å². The van der Waals surface area contributed by atoms with E-state index in [1.165, 1.54) is 11.3 Å². The first kappa shape index (κ1) is 20.0. The van der Waals surface area contributed by atoms with Crippen LogP contribution in [0.5, 0.6) is 0 Å². The minimum absolute atomic E-state index is 0.0901. The van der Waals surface area contributed by atoms with Gasteiger partial charge in [0.05, 0.1) is 13.2 Å². The summed E-state index contributed by atoms with van der Waals surface area (Å²) in [6.45, 7) is 2.77. The summed E-state index contributed by atoms with van der Waals surface area (Å²) in [5, 5.41) is 10.4. The lowest BCUT2D eigenvalue weighted by Gasteiger charge is -2.25. The number of carbonyl (C=O) groups excluding carboxylic acids is 2. The second-order valence-electron chi connectivity index (χ2n) is 6.48. The van der Waals surface area contributed by atoms with Crippen LogP contribution in [-0.2, 0) is 16.0 Å². The highest BCUT2D eigenvalue weighted by molar-refractivity contribution is 7.13. The predicted molar refractivity (Wildman–Crippen MR) is 109 cm³/mol. The van der Waals surface area contributed by atoms with Crippen LogP contribution in [0, 0.1) is 0 Å². The Balaban J connectivity index is 1.23. The Kier molecular flexibility index (Phi) is 6.30. The highest BCUT2D eigenvalue weighted by Gasteiger charge is 2.18. The van der Waals surface area contributed by atoms with Gasteiger partial charge in [-0.15, -0.1) is 21.5 Å². The highest BCUT2D eigenvalue weighted by atomic mass is 32.1. The van der Waals surface area contributed by atoms with Gasteiger partial charge in [0.25, 0.3) is 5.91 Å². The third kappa shape index (κ3) is 4.99. The summed E-state index contributed by atoms with van der Waals surface area (Å²) in [6.07, 6.45) is 0.353. The molecule has 30 heavy (non-hydrogen) atoms. The number of thiazole rings is 1. The summed E-state index contributed by atoms with van der Waals surface area (Å²) >= 11 is 1.38. The molecule has 0 atom stereocenters. The smallest absolute Gasteiger partial charge is 0.289 e. The molecule has 3 aromatic rings. The topological polar surface area (TPSA) is 122 Å². The Morgan fingerprint density at radius 2 is 1.90 bits per heavy atom. The molecule has 1 fully saturated rings. The van der Waals surface area contributed by atoms with Crippen LogP contribution >= 0.6 is 11.3 Å². The van der Waals surface area contributed by atoms with E-state index in [0.717, 1.165) is 23.8 Å². The van der Waals surface area contributed by atoms with Gasteiger partial charge in [-0.25, -0.2) is 4.98 Å². The Labute approximate surface area is 176 Å². The van der Waals surface area contributed by atoms with Gasteiger partial charge in [0.2, 0.25) is 17.7 Å². The number of benzene rings is 1. The largest absolute Gasteiger partial charge is 0.421 e. The zero-order chi connectivity index (χ0) is 20.8. The number of rotatable bonds is 6. The van der Waals surface area contributed by atoms with Gasteiger partial charge in [-0.2, -0.15) is 0 Å². The van der Waals surface area contributed by atoms with E-state index in [-0.39, 0.29) is 24.4 Å². The molecule has 1 aliphatic rings. The van der Waals surface area contributed by atoms with Crippen molar-refractivity contribution < 1.29 is 18.7 Å². The molecule has 0 radical (unpaired) electrons.